The Bertz CT molecular complexity index is 648. The number of carbonyl (C=O) groups is 2. The van der Waals surface area contributed by atoms with Crippen LogP contribution in [0, 0.1) is 0 Å². The molecule has 1 aliphatic rings. The highest BCUT2D eigenvalue weighted by atomic mass is 16.2. The Kier molecular flexibility index (Phi) is 4.22. The zero-order valence-corrected chi connectivity index (χ0v) is 12.2. The van der Waals surface area contributed by atoms with Gasteiger partial charge in [0.25, 0.3) is 0 Å². The van der Waals surface area contributed by atoms with Crippen LogP contribution in [-0.4, -0.2) is 33.9 Å². The van der Waals surface area contributed by atoms with Crippen molar-refractivity contribution in [2.75, 3.05) is 6.54 Å². The molecule has 0 saturated carbocycles. The second kappa shape index (κ2) is 6.46. The quantitative estimate of drug-likeness (QED) is 0.783. The summed E-state index contributed by atoms with van der Waals surface area (Å²) < 4.78 is 1.90. The first-order valence-corrected chi connectivity index (χ1v) is 7.47. The number of hydrogen-bond acceptors (Lipinski definition) is 3. The number of nitrogens with one attached hydrogen (secondary N) is 3. The van der Waals surface area contributed by atoms with Gasteiger partial charge in [0, 0.05) is 18.9 Å². The molecule has 22 heavy (non-hydrogen) atoms. The van der Waals surface area contributed by atoms with Crippen LogP contribution in [0.3, 0.4) is 0 Å². The van der Waals surface area contributed by atoms with E-state index < -0.39 is 6.04 Å². The highest BCUT2D eigenvalue weighted by Crippen LogP contribution is 2.06. The molecule has 0 bridgehead atoms. The smallest absolute Gasteiger partial charge is 0.315 e. The van der Waals surface area contributed by atoms with Crippen LogP contribution >= 0.6 is 0 Å². The van der Waals surface area contributed by atoms with Gasteiger partial charge in [0.1, 0.15) is 11.7 Å². The molecule has 2 aromatic heterocycles. The molecule has 1 unspecified atom stereocenters. The number of amides is 3. The highest BCUT2D eigenvalue weighted by Gasteiger charge is 2.22. The predicted molar refractivity (Wildman–Crippen MR) is 81.2 cm³/mol. The summed E-state index contributed by atoms with van der Waals surface area (Å²) in [6, 6.07) is 4.93. The monoisotopic (exact) mass is 301 g/mol. The predicted octanol–water partition coefficient (Wildman–Crippen LogP) is 0.802. The van der Waals surface area contributed by atoms with Crippen LogP contribution in [0.1, 0.15) is 25.0 Å². The third-order valence-corrected chi connectivity index (χ3v) is 3.68. The van der Waals surface area contributed by atoms with Crippen molar-refractivity contribution in [3.8, 4) is 0 Å². The van der Waals surface area contributed by atoms with Gasteiger partial charge >= 0.3 is 6.03 Å². The molecule has 0 spiro atoms. The molecule has 3 rings (SSSR count). The summed E-state index contributed by atoms with van der Waals surface area (Å²) in [6.07, 6.45) is 6.33. The Balaban J connectivity index is 1.54. The Morgan fingerprint density at radius 3 is 3.18 bits per heavy atom. The minimum Gasteiger partial charge on any atom is -0.354 e. The maximum Gasteiger partial charge on any atom is 0.315 e. The first kappa shape index (κ1) is 14.4. The molecule has 3 N–H and O–H groups in total. The average molecular weight is 301 g/mol. The standard InChI is InChI=1S/C15H19N5O2/c21-14-12(5-1-3-7-16-14)19-15(22)17-9-11-10-20-8-4-2-6-13(20)18-11/h2,4,6,8,10,12H,1,3,5,7,9H2,(H,16,21)(H2,17,19,22). The van der Waals surface area contributed by atoms with Gasteiger partial charge in [0.2, 0.25) is 5.91 Å². The number of fused-ring (bicyclic) bond motifs is 1. The molecule has 0 aliphatic carbocycles. The molecule has 1 aliphatic heterocycles. The van der Waals surface area contributed by atoms with E-state index in [-0.39, 0.29) is 11.9 Å². The minimum absolute atomic E-state index is 0.111. The first-order valence-electron chi connectivity index (χ1n) is 7.47. The summed E-state index contributed by atoms with van der Waals surface area (Å²) in [5.74, 6) is -0.111. The molecule has 1 fully saturated rings. The Morgan fingerprint density at radius 1 is 1.41 bits per heavy atom. The second-order valence-electron chi connectivity index (χ2n) is 5.36. The number of imidazole rings is 1. The van der Waals surface area contributed by atoms with Crippen molar-refractivity contribution >= 4 is 17.6 Å². The highest BCUT2D eigenvalue weighted by molar-refractivity contribution is 5.87. The summed E-state index contributed by atoms with van der Waals surface area (Å²) in [4.78, 5) is 28.1. The summed E-state index contributed by atoms with van der Waals surface area (Å²) in [5.41, 5.74) is 1.61. The fraction of sp³-hybridized carbons (Fsp3) is 0.400. The molecule has 3 heterocycles. The van der Waals surface area contributed by atoms with Crippen molar-refractivity contribution in [3.63, 3.8) is 0 Å². The van der Waals surface area contributed by atoms with E-state index in [1.807, 2.05) is 35.0 Å². The number of rotatable bonds is 3. The van der Waals surface area contributed by atoms with Crippen molar-refractivity contribution in [1.82, 2.24) is 25.3 Å². The molecule has 116 valence electrons. The lowest BCUT2D eigenvalue weighted by Gasteiger charge is -2.15. The molecular formula is C15H19N5O2. The summed E-state index contributed by atoms with van der Waals surface area (Å²) >= 11 is 0. The maximum absolute atomic E-state index is 11.9. The van der Waals surface area contributed by atoms with Crippen LogP contribution in [-0.2, 0) is 11.3 Å². The van der Waals surface area contributed by atoms with Gasteiger partial charge in [-0.15, -0.1) is 0 Å². The number of carbonyl (C=O) groups excluding carboxylic acids is 2. The van der Waals surface area contributed by atoms with E-state index in [0.29, 0.717) is 19.5 Å². The van der Waals surface area contributed by atoms with Gasteiger partial charge in [0.15, 0.2) is 0 Å². The van der Waals surface area contributed by atoms with Gasteiger partial charge in [-0.2, -0.15) is 0 Å². The van der Waals surface area contributed by atoms with Crippen molar-refractivity contribution in [3.05, 3.63) is 36.3 Å². The normalized spacial score (nSPS) is 18.5. The van der Waals surface area contributed by atoms with Crippen molar-refractivity contribution in [2.45, 2.75) is 31.8 Å². The molecule has 7 heteroatoms. The van der Waals surface area contributed by atoms with Crippen molar-refractivity contribution in [1.29, 1.82) is 0 Å². The largest absolute Gasteiger partial charge is 0.354 e. The van der Waals surface area contributed by atoms with E-state index >= 15 is 0 Å². The fourth-order valence-corrected chi connectivity index (χ4v) is 2.53. The Labute approximate surface area is 128 Å². The number of nitrogens with zero attached hydrogens (tertiary/aromatic N) is 2. The zero-order chi connectivity index (χ0) is 15.4. The van der Waals surface area contributed by atoms with E-state index in [2.05, 4.69) is 20.9 Å². The summed E-state index contributed by atoms with van der Waals surface area (Å²) in [5, 5.41) is 8.25. The van der Waals surface area contributed by atoms with Crippen LogP contribution in [0.5, 0.6) is 0 Å². The molecule has 3 amide bonds. The molecule has 7 nitrogen and oxygen atoms in total. The lowest BCUT2D eigenvalue weighted by atomic mass is 10.1. The molecule has 1 atom stereocenters. The maximum atomic E-state index is 11.9. The number of aromatic nitrogens is 2. The molecule has 2 aromatic rings. The lowest BCUT2D eigenvalue weighted by Crippen LogP contribution is -2.48. The van der Waals surface area contributed by atoms with Gasteiger partial charge < -0.3 is 20.4 Å². The zero-order valence-electron chi connectivity index (χ0n) is 12.2. The van der Waals surface area contributed by atoms with E-state index in [9.17, 15) is 9.59 Å². The van der Waals surface area contributed by atoms with Crippen LogP contribution in [0.2, 0.25) is 0 Å². The summed E-state index contributed by atoms with van der Waals surface area (Å²) in [6.45, 7) is 1.00. The van der Waals surface area contributed by atoms with E-state index in [1.165, 1.54) is 0 Å². The van der Waals surface area contributed by atoms with Gasteiger partial charge in [0.05, 0.1) is 12.2 Å². The minimum atomic E-state index is -0.455. The van der Waals surface area contributed by atoms with E-state index in [1.54, 1.807) is 0 Å². The van der Waals surface area contributed by atoms with Crippen LogP contribution in [0.4, 0.5) is 4.79 Å². The van der Waals surface area contributed by atoms with Crippen molar-refractivity contribution in [2.24, 2.45) is 0 Å². The van der Waals surface area contributed by atoms with Gasteiger partial charge in [-0.25, -0.2) is 9.78 Å². The van der Waals surface area contributed by atoms with E-state index in [0.717, 1.165) is 24.2 Å². The lowest BCUT2D eigenvalue weighted by molar-refractivity contribution is -0.122. The average Bonchev–Trinajstić information content (AvgIpc) is 2.83. The third-order valence-electron chi connectivity index (χ3n) is 3.68. The number of urea groups is 1. The van der Waals surface area contributed by atoms with Crippen LogP contribution in [0.25, 0.3) is 5.65 Å². The Morgan fingerprint density at radius 2 is 2.32 bits per heavy atom. The fourth-order valence-electron chi connectivity index (χ4n) is 2.53. The third kappa shape index (κ3) is 3.36. The van der Waals surface area contributed by atoms with Gasteiger partial charge in [-0.05, 0) is 31.4 Å². The number of hydrogen-bond donors (Lipinski definition) is 3. The van der Waals surface area contributed by atoms with E-state index in [4.69, 9.17) is 0 Å². The molecule has 1 saturated heterocycles. The second-order valence-corrected chi connectivity index (χ2v) is 5.36. The van der Waals surface area contributed by atoms with Crippen molar-refractivity contribution < 1.29 is 9.59 Å². The molecule has 0 aromatic carbocycles. The number of pyridine rings is 1. The topological polar surface area (TPSA) is 87.5 Å². The molecule has 0 radical (unpaired) electrons. The van der Waals surface area contributed by atoms with Crippen LogP contribution < -0.4 is 16.0 Å². The molecular weight excluding hydrogens is 282 g/mol. The Hall–Kier alpha value is -2.57. The first-order chi connectivity index (χ1) is 10.7. The van der Waals surface area contributed by atoms with Crippen LogP contribution in [0.15, 0.2) is 30.6 Å². The van der Waals surface area contributed by atoms with Gasteiger partial charge in [-0.3, -0.25) is 4.79 Å². The summed E-state index contributed by atoms with van der Waals surface area (Å²) in [7, 11) is 0. The SMILES string of the molecule is O=C(NCc1cn2ccccc2n1)NC1CCCCNC1=O. The van der Waals surface area contributed by atoms with Gasteiger partial charge in [-0.1, -0.05) is 6.07 Å².